The van der Waals surface area contributed by atoms with Crippen LogP contribution >= 0.6 is 0 Å². The molecule has 1 aromatic rings. The predicted octanol–water partition coefficient (Wildman–Crippen LogP) is 1.71. The molecule has 0 aliphatic carbocycles. The lowest BCUT2D eigenvalue weighted by atomic mass is 9.89. The molecule has 2 N–H and O–H groups in total. The van der Waals surface area contributed by atoms with Crippen molar-refractivity contribution in [1.82, 2.24) is 9.80 Å². The minimum absolute atomic E-state index is 0.0944. The lowest BCUT2D eigenvalue weighted by Crippen LogP contribution is -2.48. The second kappa shape index (κ2) is 5.96. The summed E-state index contributed by atoms with van der Waals surface area (Å²) in [6.07, 6.45) is 0.493. The van der Waals surface area contributed by atoms with E-state index in [1.807, 2.05) is 30.3 Å². The molecule has 0 saturated carbocycles. The number of carbonyl (C=O) groups is 2. The molecule has 1 aromatic carbocycles. The topological polar surface area (TPSA) is 81.1 Å². The van der Waals surface area contributed by atoms with Crippen LogP contribution in [0.2, 0.25) is 0 Å². The lowest BCUT2D eigenvalue weighted by Gasteiger charge is -2.36. The largest absolute Gasteiger partial charge is 0.480 e. The van der Waals surface area contributed by atoms with Crippen LogP contribution in [0.15, 0.2) is 30.3 Å². The van der Waals surface area contributed by atoms with Gasteiger partial charge >= 0.3 is 12.1 Å². The summed E-state index contributed by atoms with van der Waals surface area (Å²) in [5, 5.41) is 18.8. The van der Waals surface area contributed by atoms with Gasteiger partial charge in [-0.25, -0.2) is 9.59 Å². The zero-order valence-corrected chi connectivity index (χ0v) is 12.3. The van der Waals surface area contributed by atoms with Crippen LogP contribution in [0.5, 0.6) is 0 Å². The molecule has 3 aliphatic heterocycles. The van der Waals surface area contributed by atoms with Gasteiger partial charge in [-0.2, -0.15) is 0 Å². The average molecular weight is 304 g/mol. The first-order valence-corrected chi connectivity index (χ1v) is 7.56. The third-order valence-corrected chi connectivity index (χ3v) is 4.77. The van der Waals surface area contributed by atoms with Gasteiger partial charge in [-0.15, -0.1) is 0 Å². The van der Waals surface area contributed by atoms with E-state index in [1.54, 1.807) is 0 Å². The van der Waals surface area contributed by atoms with E-state index in [0.29, 0.717) is 6.54 Å². The standard InChI is InChI=1S/C16H20N2O4/c19-15(20)14-12-6-7-13(10-18(14)16(21)22)17(9-12)8-11-4-2-1-3-5-11/h1-5,12-14H,6-10H2,(H,19,20)(H,21,22)/t12-,13-,14?/m0/s1. The SMILES string of the molecule is O=C(O)C1[C@H]2CC[C@@H](CN1C(=O)O)N(Cc1ccccc1)C2. The lowest BCUT2D eigenvalue weighted by molar-refractivity contribution is -0.144. The summed E-state index contributed by atoms with van der Waals surface area (Å²) in [6, 6.07) is 9.18. The Kier molecular flexibility index (Phi) is 4.02. The van der Waals surface area contributed by atoms with Crippen LogP contribution in [0.25, 0.3) is 0 Å². The van der Waals surface area contributed by atoms with Gasteiger partial charge in [0.25, 0.3) is 0 Å². The minimum atomic E-state index is -1.13. The van der Waals surface area contributed by atoms with E-state index in [1.165, 1.54) is 5.56 Å². The van der Waals surface area contributed by atoms with Gasteiger partial charge in [0.1, 0.15) is 6.04 Å². The zero-order chi connectivity index (χ0) is 15.7. The minimum Gasteiger partial charge on any atom is -0.480 e. The van der Waals surface area contributed by atoms with Crippen LogP contribution in [0.3, 0.4) is 0 Å². The highest BCUT2D eigenvalue weighted by Crippen LogP contribution is 2.33. The Morgan fingerprint density at radius 3 is 2.45 bits per heavy atom. The Balaban J connectivity index is 1.83. The van der Waals surface area contributed by atoms with Crippen LogP contribution < -0.4 is 0 Å². The average Bonchev–Trinajstić information content (AvgIpc) is 2.76. The van der Waals surface area contributed by atoms with Gasteiger partial charge in [-0.1, -0.05) is 30.3 Å². The van der Waals surface area contributed by atoms with Crippen molar-refractivity contribution in [1.29, 1.82) is 0 Å². The molecule has 6 nitrogen and oxygen atoms in total. The molecule has 3 fully saturated rings. The number of hydrogen-bond donors (Lipinski definition) is 2. The molecule has 0 aromatic heterocycles. The van der Waals surface area contributed by atoms with Crippen LogP contribution in [0, 0.1) is 5.92 Å². The predicted molar refractivity (Wildman–Crippen MR) is 79.5 cm³/mol. The second-order valence-corrected chi connectivity index (χ2v) is 6.12. The van der Waals surface area contributed by atoms with Crippen molar-refractivity contribution in [2.24, 2.45) is 5.92 Å². The molecule has 3 heterocycles. The Morgan fingerprint density at radius 2 is 1.82 bits per heavy atom. The molecule has 1 unspecified atom stereocenters. The molecular formula is C16H20N2O4. The Morgan fingerprint density at radius 1 is 1.09 bits per heavy atom. The molecule has 4 rings (SSSR count). The first-order valence-electron chi connectivity index (χ1n) is 7.56. The first-order chi connectivity index (χ1) is 10.6. The molecule has 6 heteroatoms. The highest BCUT2D eigenvalue weighted by molar-refractivity contribution is 5.80. The molecule has 22 heavy (non-hydrogen) atoms. The van der Waals surface area contributed by atoms with Crippen LogP contribution in [0.4, 0.5) is 4.79 Å². The van der Waals surface area contributed by atoms with E-state index in [4.69, 9.17) is 0 Å². The number of nitrogens with zero attached hydrogens (tertiary/aromatic N) is 2. The summed E-state index contributed by atoms with van der Waals surface area (Å²) in [7, 11) is 0. The zero-order valence-electron chi connectivity index (χ0n) is 12.3. The highest BCUT2D eigenvalue weighted by atomic mass is 16.4. The molecule has 118 valence electrons. The summed E-state index contributed by atoms with van der Waals surface area (Å²) in [5.74, 6) is -1.18. The maximum atomic E-state index is 11.6. The Bertz CT molecular complexity index is 563. The number of carboxylic acid groups (broad SMARTS) is 2. The maximum absolute atomic E-state index is 11.6. The summed E-state index contributed by atoms with van der Waals surface area (Å²) < 4.78 is 0. The summed E-state index contributed by atoms with van der Waals surface area (Å²) in [6.45, 7) is 1.65. The van der Waals surface area contributed by atoms with Gasteiger partial charge in [0, 0.05) is 31.6 Å². The normalized spacial score (nSPS) is 28.4. The van der Waals surface area contributed by atoms with Gasteiger partial charge in [0.2, 0.25) is 0 Å². The molecule has 3 saturated heterocycles. The third kappa shape index (κ3) is 2.78. The fourth-order valence-corrected chi connectivity index (χ4v) is 3.73. The summed E-state index contributed by atoms with van der Waals surface area (Å²) >= 11 is 0. The van der Waals surface area contributed by atoms with Crippen LogP contribution in [-0.4, -0.2) is 57.2 Å². The van der Waals surface area contributed by atoms with E-state index >= 15 is 0 Å². The van der Waals surface area contributed by atoms with Crippen molar-refractivity contribution in [3.63, 3.8) is 0 Å². The van der Waals surface area contributed by atoms with Crippen molar-refractivity contribution >= 4 is 12.1 Å². The van der Waals surface area contributed by atoms with Crippen LogP contribution in [0.1, 0.15) is 18.4 Å². The number of piperidine rings is 1. The van der Waals surface area contributed by atoms with Gasteiger partial charge in [-0.05, 0) is 18.4 Å². The Labute approximate surface area is 129 Å². The van der Waals surface area contributed by atoms with Gasteiger partial charge < -0.3 is 10.2 Å². The number of fused-ring (bicyclic) bond motifs is 4. The molecule has 1 amide bonds. The third-order valence-electron chi connectivity index (χ3n) is 4.77. The quantitative estimate of drug-likeness (QED) is 0.888. The van der Waals surface area contributed by atoms with Crippen molar-refractivity contribution in [3.8, 4) is 0 Å². The second-order valence-electron chi connectivity index (χ2n) is 6.12. The maximum Gasteiger partial charge on any atom is 0.408 e. The summed E-state index contributed by atoms with van der Waals surface area (Å²) in [5.41, 5.74) is 1.17. The first kappa shape index (κ1) is 14.8. The Hall–Kier alpha value is -2.08. The highest BCUT2D eigenvalue weighted by Gasteiger charge is 2.46. The van der Waals surface area contributed by atoms with Gasteiger partial charge in [0.15, 0.2) is 0 Å². The van der Waals surface area contributed by atoms with Crippen molar-refractivity contribution in [2.45, 2.75) is 31.5 Å². The monoisotopic (exact) mass is 304 g/mol. The smallest absolute Gasteiger partial charge is 0.408 e. The van der Waals surface area contributed by atoms with E-state index in [9.17, 15) is 19.8 Å². The number of aliphatic carboxylic acids is 1. The summed E-state index contributed by atoms with van der Waals surface area (Å²) in [4.78, 5) is 26.4. The molecular weight excluding hydrogens is 284 g/mol. The number of carboxylic acids is 1. The molecule has 0 radical (unpaired) electrons. The van der Waals surface area contributed by atoms with Crippen molar-refractivity contribution in [3.05, 3.63) is 35.9 Å². The fourth-order valence-electron chi connectivity index (χ4n) is 3.73. The van der Waals surface area contributed by atoms with Gasteiger partial charge in [0.05, 0.1) is 0 Å². The van der Waals surface area contributed by atoms with Crippen molar-refractivity contribution in [2.75, 3.05) is 13.1 Å². The molecule has 3 aliphatic rings. The number of amides is 1. The van der Waals surface area contributed by atoms with E-state index in [2.05, 4.69) is 4.90 Å². The van der Waals surface area contributed by atoms with Crippen LogP contribution in [-0.2, 0) is 11.3 Å². The number of benzene rings is 1. The number of rotatable bonds is 3. The molecule has 3 atom stereocenters. The van der Waals surface area contributed by atoms with Gasteiger partial charge in [-0.3, -0.25) is 9.80 Å². The molecule has 0 spiro atoms. The molecule has 2 bridgehead atoms. The van der Waals surface area contributed by atoms with E-state index in [-0.39, 0.29) is 18.5 Å². The van der Waals surface area contributed by atoms with E-state index < -0.39 is 18.1 Å². The number of hydrogen-bond acceptors (Lipinski definition) is 3. The van der Waals surface area contributed by atoms with Crippen molar-refractivity contribution < 1.29 is 19.8 Å². The van der Waals surface area contributed by atoms with E-state index in [0.717, 1.165) is 24.3 Å². The fraction of sp³-hybridized carbons (Fsp3) is 0.500.